The Morgan fingerprint density at radius 3 is 2.00 bits per heavy atom. The molecule has 0 heterocycles. The molecule has 8 nitrogen and oxygen atoms in total. The third kappa shape index (κ3) is 4.23. The van der Waals surface area contributed by atoms with E-state index < -0.39 is 27.2 Å². The van der Waals surface area contributed by atoms with Crippen LogP contribution in [0.15, 0.2) is 18.2 Å². The molecule has 1 aromatic rings. The molecule has 0 aromatic heterocycles. The molecule has 0 amide bonds. The van der Waals surface area contributed by atoms with E-state index >= 15 is 0 Å². The van der Waals surface area contributed by atoms with E-state index in [4.69, 9.17) is 4.74 Å². The van der Waals surface area contributed by atoms with Crippen LogP contribution in [0.3, 0.4) is 0 Å². The van der Waals surface area contributed by atoms with Gasteiger partial charge < -0.3 is 4.74 Å². The van der Waals surface area contributed by atoms with Crippen molar-refractivity contribution < 1.29 is 19.4 Å². The topological polar surface area (TPSA) is 113 Å². The van der Waals surface area contributed by atoms with E-state index in [1.807, 2.05) is 13.8 Å². The number of nitrogens with zero attached hydrogens (tertiary/aromatic N) is 2. The third-order valence-corrected chi connectivity index (χ3v) is 3.30. The Morgan fingerprint density at radius 2 is 1.62 bits per heavy atom. The van der Waals surface area contributed by atoms with Gasteiger partial charge in [-0.1, -0.05) is 20.3 Å². The van der Waals surface area contributed by atoms with Crippen molar-refractivity contribution in [3.05, 3.63) is 44.0 Å². The van der Waals surface area contributed by atoms with Crippen molar-refractivity contribution in [3.8, 4) is 0 Å². The number of rotatable bonds is 6. The molecule has 0 radical (unpaired) electrons. The summed E-state index contributed by atoms with van der Waals surface area (Å²) >= 11 is 0. The molecule has 0 saturated heterocycles. The highest BCUT2D eigenvalue weighted by atomic mass is 16.6. The second kappa shape index (κ2) is 6.78. The Kier molecular flexibility index (Phi) is 5.34. The lowest BCUT2D eigenvalue weighted by atomic mass is 10.0. The zero-order valence-corrected chi connectivity index (χ0v) is 11.9. The first-order chi connectivity index (χ1) is 9.76. The molecule has 2 unspecified atom stereocenters. The molecule has 114 valence electrons. The summed E-state index contributed by atoms with van der Waals surface area (Å²) in [5.74, 6) is -0.697. The van der Waals surface area contributed by atoms with Crippen molar-refractivity contribution >= 4 is 17.3 Å². The Labute approximate surface area is 121 Å². The fourth-order valence-electron chi connectivity index (χ4n) is 1.61. The number of nitro benzene ring substituents is 2. The van der Waals surface area contributed by atoms with Crippen LogP contribution < -0.4 is 0 Å². The van der Waals surface area contributed by atoms with E-state index in [1.54, 1.807) is 6.92 Å². The summed E-state index contributed by atoms with van der Waals surface area (Å²) in [5.41, 5.74) is -1.24. The van der Waals surface area contributed by atoms with Gasteiger partial charge in [-0.25, -0.2) is 4.79 Å². The van der Waals surface area contributed by atoms with Crippen molar-refractivity contribution in [2.45, 2.75) is 33.3 Å². The Hall–Kier alpha value is -2.51. The maximum absolute atomic E-state index is 12.0. The molecule has 0 fully saturated rings. The van der Waals surface area contributed by atoms with Gasteiger partial charge in [0.05, 0.1) is 21.5 Å². The van der Waals surface area contributed by atoms with Gasteiger partial charge in [-0.2, -0.15) is 0 Å². The summed E-state index contributed by atoms with van der Waals surface area (Å²) in [5, 5.41) is 21.5. The number of carbonyl (C=O) groups excluding carboxylic acids is 1. The fourth-order valence-corrected chi connectivity index (χ4v) is 1.61. The van der Waals surface area contributed by atoms with Crippen LogP contribution >= 0.6 is 0 Å². The van der Waals surface area contributed by atoms with Crippen LogP contribution in [-0.2, 0) is 4.74 Å². The number of carbonyl (C=O) groups is 1. The number of benzene rings is 1. The first-order valence-electron chi connectivity index (χ1n) is 6.41. The predicted molar refractivity (Wildman–Crippen MR) is 74.1 cm³/mol. The molecule has 0 N–H and O–H groups in total. The van der Waals surface area contributed by atoms with E-state index in [1.165, 1.54) is 0 Å². The van der Waals surface area contributed by atoms with Gasteiger partial charge in [0.1, 0.15) is 6.10 Å². The van der Waals surface area contributed by atoms with Crippen molar-refractivity contribution in [3.63, 3.8) is 0 Å². The van der Waals surface area contributed by atoms with Crippen LogP contribution in [0.25, 0.3) is 0 Å². The van der Waals surface area contributed by atoms with E-state index in [9.17, 15) is 25.0 Å². The average molecular weight is 296 g/mol. The van der Waals surface area contributed by atoms with Crippen molar-refractivity contribution in [1.82, 2.24) is 0 Å². The Morgan fingerprint density at radius 1 is 1.14 bits per heavy atom. The standard InChI is InChI=1S/C13H16N2O6/c1-4-8(2)9(3)21-13(16)10-5-11(14(17)18)7-12(6-10)15(19)20/h5-9H,4H2,1-3H3. The maximum atomic E-state index is 12.0. The highest BCUT2D eigenvalue weighted by Gasteiger charge is 2.23. The number of hydrogen-bond donors (Lipinski definition) is 0. The average Bonchev–Trinajstić information content (AvgIpc) is 2.45. The molecule has 0 aliphatic heterocycles. The fraction of sp³-hybridized carbons (Fsp3) is 0.462. The number of nitro groups is 2. The second-order valence-corrected chi connectivity index (χ2v) is 4.75. The van der Waals surface area contributed by atoms with E-state index in [2.05, 4.69) is 0 Å². The SMILES string of the molecule is CCC(C)C(C)OC(=O)c1cc([N+](=O)[O-])cc([N+](=O)[O-])c1. The predicted octanol–water partition coefficient (Wildman–Crippen LogP) is 3.09. The quantitative estimate of drug-likeness (QED) is 0.453. The molecular weight excluding hydrogens is 280 g/mol. The van der Waals surface area contributed by atoms with Gasteiger partial charge in [-0.05, 0) is 12.8 Å². The van der Waals surface area contributed by atoms with Gasteiger partial charge in [-0.15, -0.1) is 0 Å². The number of ether oxygens (including phenoxy) is 1. The lowest BCUT2D eigenvalue weighted by Crippen LogP contribution is -2.21. The minimum Gasteiger partial charge on any atom is -0.459 e. The van der Waals surface area contributed by atoms with Crippen molar-refractivity contribution in [1.29, 1.82) is 0 Å². The van der Waals surface area contributed by atoms with Crippen LogP contribution in [0, 0.1) is 26.1 Å². The van der Waals surface area contributed by atoms with Gasteiger partial charge in [0.25, 0.3) is 11.4 Å². The van der Waals surface area contributed by atoms with Gasteiger partial charge >= 0.3 is 5.97 Å². The van der Waals surface area contributed by atoms with Gasteiger partial charge in [0.15, 0.2) is 0 Å². The van der Waals surface area contributed by atoms with Crippen LogP contribution in [0.2, 0.25) is 0 Å². The summed E-state index contributed by atoms with van der Waals surface area (Å²) in [6.07, 6.45) is 0.407. The van der Waals surface area contributed by atoms with Crippen LogP contribution in [-0.4, -0.2) is 21.9 Å². The largest absolute Gasteiger partial charge is 0.459 e. The van der Waals surface area contributed by atoms with E-state index in [-0.39, 0.29) is 17.6 Å². The number of hydrogen-bond acceptors (Lipinski definition) is 6. The van der Waals surface area contributed by atoms with Crippen molar-refractivity contribution in [2.75, 3.05) is 0 Å². The van der Waals surface area contributed by atoms with Crippen LogP contribution in [0.1, 0.15) is 37.6 Å². The second-order valence-electron chi connectivity index (χ2n) is 4.75. The summed E-state index contributed by atoms with van der Waals surface area (Å²) in [6.45, 7) is 5.54. The summed E-state index contributed by atoms with van der Waals surface area (Å²) in [7, 11) is 0. The molecule has 0 aliphatic carbocycles. The molecule has 0 bridgehead atoms. The summed E-state index contributed by atoms with van der Waals surface area (Å²) in [4.78, 5) is 31.9. The molecule has 8 heteroatoms. The smallest absolute Gasteiger partial charge is 0.338 e. The summed E-state index contributed by atoms with van der Waals surface area (Å²) in [6, 6.07) is 2.74. The van der Waals surface area contributed by atoms with E-state index in [0.29, 0.717) is 0 Å². The van der Waals surface area contributed by atoms with Gasteiger partial charge in [-0.3, -0.25) is 20.2 Å². The van der Waals surface area contributed by atoms with Crippen molar-refractivity contribution in [2.24, 2.45) is 5.92 Å². The van der Waals surface area contributed by atoms with Crippen LogP contribution in [0.4, 0.5) is 11.4 Å². The number of esters is 1. The summed E-state index contributed by atoms with van der Waals surface area (Å²) < 4.78 is 5.17. The van der Waals surface area contributed by atoms with Crippen LogP contribution in [0.5, 0.6) is 0 Å². The zero-order chi connectivity index (χ0) is 16.2. The van der Waals surface area contributed by atoms with Gasteiger partial charge in [0.2, 0.25) is 0 Å². The Balaban J connectivity index is 3.08. The third-order valence-electron chi connectivity index (χ3n) is 3.30. The molecule has 21 heavy (non-hydrogen) atoms. The Bertz CT molecular complexity index is 540. The lowest BCUT2D eigenvalue weighted by molar-refractivity contribution is -0.394. The minimum atomic E-state index is -0.811. The zero-order valence-electron chi connectivity index (χ0n) is 11.9. The first-order valence-corrected chi connectivity index (χ1v) is 6.41. The lowest BCUT2D eigenvalue weighted by Gasteiger charge is -2.18. The monoisotopic (exact) mass is 296 g/mol. The molecule has 1 rings (SSSR count). The molecule has 0 saturated carbocycles. The molecule has 0 spiro atoms. The molecular formula is C13H16N2O6. The highest BCUT2D eigenvalue weighted by Crippen LogP contribution is 2.24. The molecule has 1 aromatic carbocycles. The minimum absolute atomic E-state index is 0.114. The first kappa shape index (κ1) is 16.5. The van der Waals surface area contributed by atoms with E-state index in [0.717, 1.165) is 24.6 Å². The molecule has 0 aliphatic rings. The normalized spacial score (nSPS) is 13.3. The highest BCUT2D eigenvalue weighted by molar-refractivity contribution is 5.91. The number of non-ortho nitro benzene ring substituents is 2. The maximum Gasteiger partial charge on any atom is 0.338 e. The molecule has 2 atom stereocenters. The van der Waals surface area contributed by atoms with Gasteiger partial charge in [0, 0.05) is 12.1 Å².